The molecule has 1 aromatic heterocycles. The number of piperidine rings is 1. The first kappa shape index (κ1) is 20.2. The maximum Gasteiger partial charge on any atom is 0.491 e. The Hall–Kier alpha value is -3.13. The van der Waals surface area contributed by atoms with Gasteiger partial charge < -0.3 is 10.1 Å². The fourth-order valence-electron chi connectivity index (χ4n) is 3.62. The number of ether oxygens (including phenoxy) is 1. The zero-order valence-corrected chi connectivity index (χ0v) is 16.0. The minimum Gasteiger partial charge on any atom is -0.399 e. The van der Waals surface area contributed by atoms with E-state index < -0.39 is 12.1 Å². The highest BCUT2D eigenvalue weighted by Crippen LogP contribution is 2.31. The Balaban J connectivity index is 1.67. The fraction of sp³-hybridized carbons (Fsp3) is 0.273. The number of benzene rings is 2. The maximum atomic E-state index is 12.6. The van der Waals surface area contributed by atoms with E-state index >= 15 is 0 Å². The zero-order chi connectivity index (χ0) is 21.1. The Bertz CT molecular complexity index is 1010. The van der Waals surface area contributed by atoms with Crippen LogP contribution in [0.4, 0.5) is 13.2 Å². The van der Waals surface area contributed by atoms with Crippen LogP contribution in [0.25, 0.3) is 16.8 Å². The molecule has 4 rings (SSSR count). The standard InChI is InChI=1S/C22H20F3N3O2/c23-22(24,25)21(29)30-20-14-19(17-10-12-26-13-11-17)28(27-20)18-8-6-16(7-9-18)15-4-2-1-3-5-15/h1-9,14,17,26H,10-13H2. The summed E-state index contributed by atoms with van der Waals surface area (Å²) in [5, 5.41) is 7.43. The molecular weight excluding hydrogens is 395 g/mol. The highest BCUT2D eigenvalue weighted by molar-refractivity contribution is 5.77. The van der Waals surface area contributed by atoms with E-state index in [2.05, 4.69) is 15.2 Å². The highest BCUT2D eigenvalue weighted by atomic mass is 19.4. The van der Waals surface area contributed by atoms with E-state index in [9.17, 15) is 18.0 Å². The van der Waals surface area contributed by atoms with Crippen molar-refractivity contribution >= 4 is 5.97 Å². The van der Waals surface area contributed by atoms with E-state index in [-0.39, 0.29) is 11.8 Å². The molecule has 156 valence electrons. The lowest BCUT2D eigenvalue weighted by atomic mass is 9.94. The topological polar surface area (TPSA) is 56.1 Å². The van der Waals surface area contributed by atoms with Crippen LogP contribution in [-0.4, -0.2) is 35.0 Å². The van der Waals surface area contributed by atoms with Crippen molar-refractivity contribution in [2.24, 2.45) is 0 Å². The number of hydrogen-bond donors (Lipinski definition) is 1. The number of nitrogens with one attached hydrogen (secondary N) is 1. The first-order valence-electron chi connectivity index (χ1n) is 9.67. The van der Waals surface area contributed by atoms with Crippen molar-refractivity contribution < 1.29 is 22.7 Å². The van der Waals surface area contributed by atoms with Crippen LogP contribution in [0.1, 0.15) is 24.5 Å². The Morgan fingerprint density at radius 2 is 1.63 bits per heavy atom. The molecule has 0 aliphatic carbocycles. The summed E-state index contributed by atoms with van der Waals surface area (Å²) in [5.74, 6) is -2.52. The third kappa shape index (κ3) is 4.38. The zero-order valence-electron chi connectivity index (χ0n) is 16.0. The third-order valence-electron chi connectivity index (χ3n) is 5.12. The van der Waals surface area contributed by atoms with Crippen molar-refractivity contribution in [2.75, 3.05) is 13.1 Å². The van der Waals surface area contributed by atoms with E-state index in [1.807, 2.05) is 54.6 Å². The molecule has 0 saturated carbocycles. The lowest BCUT2D eigenvalue weighted by molar-refractivity contribution is -0.190. The number of hydrogen-bond acceptors (Lipinski definition) is 4. The molecule has 1 N–H and O–H groups in total. The van der Waals surface area contributed by atoms with Crippen molar-refractivity contribution in [1.82, 2.24) is 15.1 Å². The molecule has 8 heteroatoms. The van der Waals surface area contributed by atoms with Gasteiger partial charge in [-0.3, -0.25) is 0 Å². The summed E-state index contributed by atoms with van der Waals surface area (Å²) in [7, 11) is 0. The molecule has 1 aliphatic heterocycles. The number of carbonyl (C=O) groups is 1. The van der Waals surface area contributed by atoms with Gasteiger partial charge in [-0.05, 0) is 49.2 Å². The molecule has 1 fully saturated rings. The van der Waals surface area contributed by atoms with E-state index in [4.69, 9.17) is 0 Å². The van der Waals surface area contributed by atoms with Crippen molar-refractivity contribution in [3.05, 3.63) is 66.4 Å². The first-order chi connectivity index (χ1) is 14.4. The van der Waals surface area contributed by atoms with E-state index in [1.54, 1.807) is 4.68 Å². The van der Waals surface area contributed by atoms with Gasteiger partial charge in [0, 0.05) is 12.0 Å². The quantitative estimate of drug-likeness (QED) is 0.639. The summed E-state index contributed by atoms with van der Waals surface area (Å²) in [6.45, 7) is 1.61. The summed E-state index contributed by atoms with van der Waals surface area (Å²) in [6.07, 6.45) is -3.43. The van der Waals surface area contributed by atoms with Gasteiger partial charge in [-0.1, -0.05) is 42.5 Å². The minimum absolute atomic E-state index is 0.103. The molecule has 1 aliphatic rings. The van der Waals surface area contributed by atoms with Crippen LogP contribution in [-0.2, 0) is 4.79 Å². The molecular formula is C22H20F3N3O2. The van der Waals surface area contributed by atoms with Crippen molar-refractivity contribution in [2.45, 2.75) is 24.9 Å². The van der Waals surface area contributed by atoms with Gasteiger partial charge in [0.15, 0.2) is 0 Å². The van der Waals surface area contributed by atoms with Crippen LogP contribution in [0, 0.1) is 0 Å². The molecule has 2 aromatic carbocycles. The van der Waals surface area contributed by atoms with Crippen molar-refractivity contribution in [1.29, 1.82) is 0 Å². The second kappa shape index (κ2) is 8.31. The summed E-state index contributed by atoms with van der Waals surface area (Å²) in [5.41, 5.74) is 3.49. The number of carbonyl (C=O) groups excluding carboxylic acids is 1. The van der Waals surface area contributed by atoms with Crippen LogP contribution in [0.15, 0.2) is 60.7 Å². The molecule has 3 aromatic rings. The molecule has 0 atom stereocenters. The Morgan fingerprint density at radius 1 is 1.00 bits per heavy atom. The lowest BCUT2D eigenvalue weighted by Gasteiger charge is -2.23. The average Bonchev–Trinajstić information content (AvgIpc) is 3.18. The molecule has 2 heterocycles. The molecule has 5 nitrogen and oxygen atoms in total. The Labute approximate surface area is 171 Å². The van der Waals surface area contributed by atoms with Gasteiger partial charge in [0.05, 0.1) is 11.4 Å². The predicted molar refractivity (Wildman–Crippen MR) is 106 cm³/mol. The van der Waals surface area contributed by atoms with E-state index in [0.29, 0.717) is 5.69 Å². The first-order valence-corrected chi connectivity index (χ1v) is 9.67. The molecule has 0 spiro atoms. The molecule has 0 bridgehead atoms. The highest BCUT2D eigenvalue weighted by Gasteiger charge is 2.42. The minimum atomic E-state index is -5.07. The van der Waals surface area contributed by atoms with E-state index in [0.717, 1.165) is 42.8 Å². The lowest BCUT2D eigenvalue weighted by Crippen LogP contribution is -2.28. The summed E-state index contributed by atoms with van der Waals surface area (Å²) in [6, 6.07) is 18.8. The Morgan fingerprint density at radius 3 is 2.27 bits per heavy atom. The van der Waals surface area contributed by atoms with Gasteiger partial charge in [0.1, 0.15) is 0 Å². The van der Waals surface area contributed by atoms with Gasteiger partial charge in [0.2, 0.25) is 5.88 Å². The molecule has 30 heavy (non-hydrogen) atoms. The van der Waals surface area contributed by atoms with Crippen LogP contribution in [0.3, 0.4) is 0 Å². The fourth-order valence-corrected chi connectivity index (χ4v) is 3.62. The second-order valence-corrected chi connectivity index (χ2v) is 7.14. The van der Waals surface area contributed by atoms with Crippen LogP contribution >= 0.6 is 0 Å². The number of alkyl halides is 3. The molecule has 0 radical (unpaired) electrons. The number of halogens is 3. The normalized spacial score (nSPS) is 15.2. The van der Waals surface area contributed by atoms with Gasteiger partial charge >= 0.3 is 12.1 Å². The van der Waals surface area contributed by atoms with Crippen LogP contribution in [0.5, 0.6) is 5.88 Å². The van der Waals surface area contributed by atoms with Crippen LogP contribution in [0.2, 0.25) is 0 Å². The average molecular weight is 415 g/mol. The van der Waals surface area contributed by atoms with Gasteiger partial charge in [-0.15, -0.1) is 5.10 Å². The molecule has 0 unspecified atom stereocenters. The Kier molecular flexibility index (Phi) is 5.59. The number of aromatic nitrogens is 2. The molecule has 1 saturated heterocycles. The largest absolute Gasteiger partial charge is 0.491 e. The van der Waals surface area contributed by atoms with Crippen molar-refractivity contribution in [3.8, 4) is 22.7 Å². The monoisotopic (exact) mass is 415 g/mol. The third-order valence-corrected chi connectivity index (χ3v) is 5.12. The predicted octanol–water partition coefficient (Wildman–Crippen LogP) is 4.47. The van der Waals surface area contributed by atoms with Gasteiger partial charge in [-0.2, -0.15) is 13.2 Å². The smallest absolute Gasteiger partial charge is 0.399 e. The van der Waals surface area contributed by atoms with Gasteiger partial charge in [-0.25, -0.2) is 9.48 Å². The number of esters is 1. The number of nitrogens with zero attached hydrogens (tertiary/aromatic N) is 2. The number of rotatable bonds is 4. The summed E-state index contributed by atoms with van der Waals surface area (Å²) in [4.78, 5) is 11.3. The van der Waals surface area contributed by atoms with Gasteiger partial charge in [0.25, 0.3) is 0 Å². The molecule has 0 amide bonds. The van der Waals surface area contributed by atoms with Crippen LogP contribution < -0.4 is 10.1 Å². The van der Waals surface area contributed by atoms with Crippen molar-refractivity contribution in [3.63, 3.8) is 0 Å². The maximum absolute atomic E-state index is 12.6. The summed E-state index contributed by atoms with van der Waals surface area (Å²) >= 11 is 0. The van der Waals surface area contributed by atoms with E-state index in [1.165, 1.54) is 6.07 Å². The summed E-state index contributed by atoms with van der Waals surface area (Å²) < 4.78 is 43.9. The SMILES string of the molecule is O=C(Oc1cc(C2CCNCC2)n(-c2ccc(-c3ccccc3)cc2)n1)C(F)(F)F. The second-order valence-electron chi connectivity index (χ2n) is 7.14.